The Kier molecular flexibility index (Phi) is 4.15. The zero-order chi connectivity index (χ0) is 11.4. The molecular weight excluding hydrogens is 212 g/mol. The Morgan fingerprint density at radius 1 is 1.40 bits per heavy atom. The van der Waals surface area contributed by atoms with Crippen LogP contribution in [-0.2, 0) is 0 Å². The van der Waals surface area contributed by atoms with E-state index in [1.807, 2.05) is 6.07 Å². The van der Waals surface area contributed by atoms with Crippen molar-refractivity contribution in [2.24, 2.45) is 0 Å². The molecule has 0 amide bonds. The zero-order valence-corrected chi connectivity index (χ0v) is 9.71. The zero-order valence-electron chi connectivity index (χ0n) is 8.96. The fourth-order valence-corrected chi connectivity index (χ4v) is 2.05. The first kappa shape index (κ1) is 12.1. The minimum Gasteiger partial charge on any atom is -0.478 e. The van der Waals surface area contributed by atoms with Crippen molar-refractivity contribution < 1.29 is 9.90 Å². The molecule has 2 nitrogen and oxygen atoms in total. The van der Waals surface area contributed by atoms with Crippen molar-refractivity contribution in [2.45, 2.75) is 32.6 Å². The molecule has 0 saturated heterocycles. The van der Waals surface area contributed by atoms with Crippen molar-refractivity contribution in [3.8, 4) is 0 Å². The van der Waals surface area contributed by atoms with E-state index < -0.39 is 5.97 Å². The van der Waals surface area contributed by atoms with Gasteiger partial charge in [-0.1, -0.05) is 31.5 Å². The summed E-state index contributed by atoms with van der Waals surface area (Å²) in [6.45, 7) is 4.21. The average molecular weight is 227 g/mol. The second kappa shape index (κ2) is 5.17. The Hall–Kier alpha value is -1.02. The van der Waals surface area contributed by atoms with Gasteiger partial charge in [0.05, 0.1) is 5.56 Å². The number of hydrogen-bond acceptors (Lipinski definition) is 1. The molecule has 1 aromatic rings. The molecule has 0 spiro atoms. The van der Waals surface area contributed by atoms with Gasteiger partial charge in [-0.15, -0.1) is 0 Å². The van der Waals surface area contributed by atoms with Gasteiger partial charge in [0.15, 0.2) is 0 Å². The van der Waals surface area contributed by atoms with Crippen molar-refractivity contribution in [1.29, 1.82) is 0 Å². The fraction of sp³-hybridized carbons (Fsp3) is 0.417. The molecule has 3 heteroatoms. The molecule has 0 unspecified atom stereocenters. The summed E-state index contributed by atoms with van der Waals surface area (Å²) in [4.78, 5) is 10.7. The Balaban J connectivity index is 3.07. The number of rotatable bonds is 4. The molecule has 82 valence electrons. The fourth-order valence-electron chi connectivity index (χ4n) is 1.72. The smallest absolute Gasteiger partial charge is 0.335 e. The van der Waals surface area contributed by atoms with Gasteiger partial charge in [-0.3, -0.25) is 0 Å². The van der Waals surface area contributed by atoms with Gasteiger partial charge in [0.25, 0.3) is 0 Å². The highest BCUT2D eigenvalue weighted by atomic mass is 35.5. The minimum absolute atomic E-state index is 0.245. The normalized spacial score (nSPS) is 10.7. The Morgan fingerprint density at radius 2 is 2.00 bits per heavy atom. The van der Waals surface area contributed by atoms with Crippen molar-refractivity contribution in [1.82, 2.24) is 0 Å². The number of carboxylic acids is 1. The van der Waals surface area contributed by atoms with Crippen LogP contribution in [0.1, 0.15) is 48.5 Å². The highest BCUT2D eigenvalue weighted by molar-refractivity contribution is 6.31. The second-order valence-electron chi connectivity index (χ2n) is 3.55. The topological polar surface area (TPSA) is 37.3 Å². The van der Waals surface area contributed by atoms with Crippen LogP contribution >= 0.6 is 11.6 Å². The molecule has 0 bridgehead atoms. The van der Waals surface area contributed by atoms with E-state index >= 15 is 0 Å². The first-order chi connectivity index (χ1) is 7.10. The van der Waals surface area contributed by atoms with Gasteiger partial charge < -0.3 is 5.11 Å². The van der Waals surface area contributed by atoms with Gasteiger partial charge in [-0.2, -0.15) is 0 Å². The molecule has 1 N–H and O–H groups in total. The lowest BCUT2D eigenvalue weighted by atomic mass is 9.93. The van der Waals surface area contributed by atoms with Crippen molar-refractivity contribution >= 4 is 17.6 Å². The van der Waals surface area contributed by atoms with E-state index in [-0.39, 0.29) is 5.56 Å². The van der Waals surface area contributed by atoms with Gasteiger partial charge in [-0.05, 0) is 36.5 Å². The van der Waals surface area contributed by atoms with E-state index in [9.17, 15) is 4.79 Å². The summed E-state index contributed by atoms with van der Waals surface area (Å²) < 4.78 is 0. The van der Waals surface area contributed by atoms with E-state index in [2.05, 4.69) is 13.8 Å². The number of halogens is 1. The lowest BCUT2D eigenvalue weighted by molar-refractivity contribution is 0.0697. The third kappa shape index (κ3) is 2.72. The highest BCUT2D eigenvalue weighted by Gasteiger charge is 2.13. The molecule has 15 heavy (non-hydrogen) atoms. The number of aromatic carboxylic acids is 1. The number of carbonyl (C=O) groups is 1. The number of hydrogen-bond donors (Lipinski definition) is 1. The molecule has 0 aromatic heterocycles. The van der Waals surface area contributed by atoms with E-state index in [4.69, 9.17) is 16.7 Å². The minimum atomic E-state index is -0.937. The molecule has 0 aliphatic carbocycles. The molecule has 1 aromatic carbocycles. The highest BCUT2D eigenvalue weighted by Crippen LogP contribution is 2.30. The molecule has 0 fully saturated rings. The van der Waals surface area contributed by atoms with E-state index in [1.165, 1.54) is 6.07 Å². The SMILES string of the molecule is CCC(CC)c1ccc(C(=O)O)cc1Cl. The third-order valence-electron chi connectivity index (χ3n) is 2.67. The maximum Gasteiger partial charge on any atom is 0.335 e. The van der Waals surface area contributed by atoms with E-state index in [0.29, 0.717) is 10.9 Å². The van der Waals surface area contributed by atoms with Gasteiger partial charge in [0, 0.05) is 5.02 Å². The van der Waals surface area contributed by atoms with Gasteiger partial charge in [0.1, 0.15) is 0 Å². The molecule has 0 saturated carbocycles. The first-order valence-corrected chi connectivity index (χ1v) is 5.50. The molecule has 0 aliphatic rings. The summed E-state index contributed by atoms with van der Waals surface area (Å²) >= 11 is 6.06. The molecule has 0 radical (unpaired) electrons. The van der Waals surface area contributed by atoms with Crippen molar-refractivity contribution in [3.05, 3.63) is 34.3 Å². The predicted molar refractivity (Wildman–Crippen MR) is 61.7 cm³/mol. The molecular formula is C12H15ClO2. The lowest BCUT2D eigenvalue weighted by Gasteiger charge is -2.14. The van der Waals surface area contributed by atoms with Crippen molar-refractivity contribution in [2.75, 3.05) is 0 Å². The quantitative estimate of drug-likeness (QED) is 0.844. The summed E-state index contributed by atoms with van der Waals surface area (Å²) in [5.74, 6) is -0.520. The predicted octanol–water partition coefficient (Wildman–Crippen LogP) is 3.94. The summed E-state index contributed by atoms with van der Waals surface area (Å²) in [7, 11) is 0. The molecule has 1 rings (SSSR count). The summed E-state index contributed by atoms with van der Waals surface area (Å²) in [5, 5.41) is 9.35. The van der Waals surface area contributed by atoms with Gasteiger partial charge in [0.2, 0.25) is 0 Å². The Labute approximate surface area is 94.9 Å². The maximum atomic E-state index is 10.7. The maximum absolute atomic E-state index is 10.7. The van der Waals surface area contributed by atoms with Crippen LogP contribution in [0.3, 0.4) is 0 Å². The van der Waals surface area contributed by atoms with Gasteiger partial charge in [-0.25, -0.2) is 4.79 Å². The standard InChI is InChI=1S/C12H15ClO2/c1-3-8(4-2)10-6-5-9(12(14)15)7-11(10)13/h5-8H,3-4H2,1-2H3,(H,14,15). The monoisotopic (exact) mass is 226 g/mol. The van der Waals surface area contributed by atoms with Crippen molar-refractivity contribution in [3.63, 3.8) is 0 Å². The summed E-state index contributed by atoms with van der Waals surface area (Å²) in [6.07, 6.45) is 2.03. The van der Waals surface area contributed by atoms with Crippen LogP contribution in [0.25, 0.3) is 0 Å². The Morgan fingerprint density at radius 3 is 2.40 bits per heavy atom. The third-order valence-corrected chi connectivity index (χ3v) is 3.00. The summed E-state index contributed by atoms with van der Waals surface area (Å²) in [6, 6.07) is 4.96. The van der Waals surface area contributed by atoms with Crippen LogP contribution < -0.4 is 0 Å². The summed E-state index contributed by atoms with van der Waals surface area (Å²) in [5.41, 5.74) is 1.29. The van der Waals surface area contributed by atoms with Crippen LogP contribution in [0.4, 0.5) is 0 Å². The molecule has 0 aliphatic heterocycles. The van der Waals surface area contributed by atoms with E-state index in [0.717, 1.165) is 18.4 Å². The van der Waals surface area contributed by atoms with Gasteiger partial charge >= 0.3 is 5.97 Å². The van der Waals surface area contributed by atoms with E-state index in [1.54, 1.807) is 6.07 Å². The Bertz CT molecular complexity index is 357. The number of carboxylic acid groups (broad SMARTS) is 1. The van der Waals surface area contributed by atoms with Crippen LogP contribution in [0.5, 0.6) is 0 Å². The first-order valence-electron chi connectivity index (χ1n) is 5.12. The van der Waals surface area contributed by atoms with Crippen LogP contribution in [0.15, 0.2) is 18.2 Å². The largest absolute Gasteiger partial charge is 0.478 e. The van der Waals surface area contributed by atoms with Crippen LogP contribution in [0, 0.1) is 0 Å². The van der Waals surface area contributed by atoms with Crippen LogP contribution in [-0.4, -0.2) is 11.1 Å². The average Bonchev–Trinajstić information content (AvgIpc) is 2.21. The lowest BCUT2D eigenvalue weighted by Crippen LogP contribution is -2.00. The second-order valence-corrected chi connectivity index (χ2v) is 3.96. The molecule has 0 heterocycles. The number of benzene rings is 1. The van der Waals surface area contributed by atoms with Crippen LogP contribution in [0.2, 0.25) is 5.02 Å². The molecule has 0 atom stereocenters.